The van der Waals surface area contributed by atoms with Gasteiger partial charge in [-0.1, -0.05) is 11.6 Å². The van der Waals surface area contributed by atoms with Crippen molar-refractivity contribution in [1.29, 1.82) is 0 Å². The average Bonchev–Trinajstić information content (AvgIpc) is 2.82. The zero-order valence-corrected chi connectivity index (χ0v) is 10.0. The Balaban J connectivity index is 2.19. The van der Waals surface area contributed by atoms with E-state index in [0.29, 0.717) is 10.7 Å². The van der Waals surface area contributed by atoms with E-state index >= 15 is 0 Å². The number of hydrogen-bond donors (Lipinski definition) is 2. The number of nitrogens with two attached hydrogens (primary N) is 1. The number of H-pyrrole nitrogens is 1. The van der Waals surface area contributed by atoms with Crippen molar-refractivity contribution in [1.82, 2.24) is 4.98 Å². The first-order valence-electron chi connectivity index (χ1n) is 4.99. The molecule has 0 bridgehead atoms. The predicted octanol–water partition coefficient (Wildman–Crippen LogP) is 2.90. The van der Waals surface area contributed by atoms with Crippen LogP contribution in [0.15, 0.2) is 23.2 Å². The van der Waals surface area contributed by atoms with Crippen LogP contribution in [0.5, 0.6) is 0 Å². The Morgan fingerprint density at radius 3 is 3.00 bits per heavy atom. The minimum absolute atomic E-state index is 0.663. The molecule has 1 aliphatic rings. The Morgan fingerprint density at radius 2 is 2.25 bits per heavy atom. The quantitative estimate of drug-likeness (QED) is 0.766. The van der Waals surface area contributed by atoms with Crippen LogP contribution in [0.2, 0.25) is 5.02 Å². The highest BCUT2D eigenvalue weighted by Crippen LogP contribution is 2.28. The first-order chi connectivity index (χ1) is 7.74. The number of nitrogen functional groups attached to an aromatic ring is 1. The van der Waals surface area contributed by atoms with E-state index in [-0.39, 0.29) is 0 Å². The van der Waals surface area contributed by atoms with Crippen molar-refractivity contribution in [3.05, 3.63) is 28.9 Å². The monoisotopic (exact) mass is 251 g/mol. The molecular formula is C11H10ClN3S. The number of aromatic nitrogens is 1. The van der Waals surface area contributed by atoms with E-state index in [4.69, 9.17) is 17.3 Å². The number of thioether (sulfide) groups is 1. The third-order valence-corrected chi connectivity index (χ3v) is 3.77. The summed E-state index contributed by atoms with van der Waals surface area (Å²) >= 11 is 7.73. The fraction of sp³-hybridized carbons (Fsp3) is 0.182. The Labute approximate surface area is 102 Å². The van der Waals surface area contributed by atoms with Crippen molar-refractivity contribution in [2.75, 3.05) is 18.0 Å². The highest BCUT2D eigenvalue weighted by molar-refractivity contribution is 8.14. The molecular weight excluding hydrogens is 242 g/mol. The molecule has 3 rings (SSSR count). The van der Waals surface area contributed by atoms with Gasteiger partial charge in [-0.05, 0) is 18.2 Å². The second-order valence-electron chi connectivity index (χ2n) is 3.68. The maximum Gasteiger partial charge on any atom is 0.114 e. The molecule has 0 aliphatic carbocycles. The van der Waals surface area contributed by atoms with Gasteiger partial charge < -0.3 is 10.7 Å². The molecule has 0 radical (unpaired) electrons. The lowest BCUT2D eigenvalue weighted by atomic mass is 10.2. The van der Waals surface area contributed by atoms with E-state index in [1.54, 1.807) is 17.8 Å². The second kappa shape index (κ2) is 3.71. The molecule has 0 fully saturated rings. The number of aliphatic imine (C=N–C) groups is 1. The van der Waals surface area contributed by atoms with Crippen LogP contribution < -0.4 is 5.73 Å². The maximum atomic E-state index is 5.96. The highest BCUT2D eigenvalue weighted by Gasteiger charge is 2.13. The van der Waals surface area contributed by atoms with Crippen molar-refractivity contribution < 1.29 is 0 Å². The van der Waals surface area contributed by atoms with Gasteiger partial charge in [0.05, 0.1) is 16.9 Å². The molecule has 1 aliphatic heterocycles. The zero-order valence-electron chi connectivity index (χ0n) is 8.46. The summed E-state index contributed by atoms with van der Waals surface area (Å²) in [5.74, 6) is 1.06. The SMILES string of the molecule is Nc1cc(Cl)cc2cc(C3=NCCS3)[nH]c12. The van der Waals surface area contributed by atoms with E-state index in [9.17, 15) is 0 Å². The molecule has 1 aromatic heterocycles. The molecule has 0 saturated heterocycles. The normalized spacial score (nSPS) is 15.7. The summed E-state index contributed by atoms with van der Waals surface area (Å²) in [6.45, 7) is 0.894. The first-order valence-corrected chi connectivity index (χ1v) is 6.36. The third-order valence-electron chi connectivity index (χ3n) is 2.54. The molecule has 2 aromatic rings. The molecule has 82 valence electrons. The minimum Gasteiger partial charge on any atom is -0.397 e. The van der Waals surface area contributed by atoms with Crippen LogP contribution in [0.25, 0.3) is 10.9 Å². The van der Waals surface area contributed by atoms with E-state index in [0.717, 1.165) is 33.9 Å². The average molecular weight is 252 g/mol. The van der Waals surface area contributed by atoms with Gasteiger partial charge in [0.1, 0.15) is 5.04 Å². The number of halogens is 1. The topological polar surface area (TPSA) is 54.2 Å². The predicted molar refractivity (Wildman–Crippen MR) is 71.6 cm³/mol. The highest BCUT2D eigenvalue weighted by atomic mass is 35.5. The molecule has 3 nitrogen and oxygen atoms in total. The van der Waals surface area contributed by atoms with Crippen LogP contribution in [0, 0.1) is 0 Å². The molecule has 0 spiro atoms. The smallest absolute Gasteiger partial charge is 0.114 e. The van der Waals surface area contributed by atoms with Gasteiger partial charge in [0, 0.05) is 22.7 Å². The van der Waals surface area contributed by atoms with Gasteiger partial charge in [-0.15, -0.1) is 11.8 Å². The van der Waals surface area contributed by atoms with Crippen molar-refractivity contribution in [2.24, 2.45) is 4.99 Å². The van der Waals surface area contributed by atoms with Gasteiger partial charge in [-0.2, -0.15) is 0 Å². The number of benzene rings is 1. The Kier molecular flexibility index (Phi) is 2.33. The lowest BCUT2D eigenvalue weighted by molar-refractivity contribution is 1.17. The third kappa shape index (κ3) is 1.58. The molecule has 2 heterocycles. The molecule has 0 saturated carbocycles. The van der Waals surface area contributed by atoms with Crippen molar-refractivity contribution in [2.45, 2.75) is 0 Å². The summed E-state index contributed by atoms with van der Waals surface area (Å²) in [6, 6.07) is 5.72. The van der Waals surface area contributed by atoms with E-state index < -0.39 is 0 Å². The molecule has 0 unspecified atom stereocenters. The van der Waals surface area contributed by atoms with Crippen LogP contribution in [-0.2, 0) is 0 Å². The number of nitrogens with one attached hydrogen (secondary N) is 1. The number of hydrogen-bond acceptors (Lipinski definition) is 3. The number of fused-ring (bicyclic) bond motifs is 1. The molecule has 0 atom stereocenters. The van der Waals surface area contributed by atoms with Crippen molar-refractivity contribution in [3.63, 3.8) is 0 Å². The van der Waals surface area contributed by atoms with Gasteiger partial charge in [0.2, 0.25) is 0 Å². The summed E-state index contributed by atoms with van der Waals surface area (Å²) in [5, 5.41) is 2.76. The standard InChI is InChI=1S/C11H10ClN3S/c12-7-3-6-4-9(11-14-1-2-16-11)15-10(6)8(13)5-7/h3-5,15H,1-2,13H2. The molecule has 0 amide bonds. The fourth-order valence-corrected chi connectivity index (χ4v) is 2.91. The van der Waals surface area contributed by atoms with Gasteiger partial charge >= 0.3 is 0 Å². The molecule has 1 aromatic carbocycles. The van der Waals surface area contributed by atoms with Gasteiger partial charge in [-0.25, -0.2) is 0 Å². The fourth-order valence-electron chi connectivity index (χ4n) is 1.85. The number of anilines is 1. The second-order valence-corrected chi connectivity index (χ2v) is 5.20. The summed E-state index contributed by atoms with van der Waals surface area (Å²) in [5.41, 5.74) is 8.56. The molecule has 16 heavy (non-hydrogen) atoms. The minimum atomic E-state index is 0.663. The van der Waals surface area contributed by atoms with Gasteiger partial charge in [0.25, 0.3) is 0 Å². The maximum absolute atomic E-state index is 5.96. The van der Waals surface area contributed by atoms with E-state index in [2.05, 4.69) is 16.0 Å². The van der Waals surface area contributed by atoms with Gasteiger partial charge in [-0.3, -0.25) is 4.99 Å². The van der Waals surface area contributed by atoms with E-state index in [1.165, 1.54) is 0 Å². The van der Waals surface area contributed by atoms with Crippen LogP contribution in [-0.4, -0.2) is 22.3 Å². The van der Waals surface area contributed by atoms with Crippen LogP contribution in [0.1, 0.15) is 5.69 Å². The molecule has 3 N–H and O–H groups in total. The van der Waals surface area contributed by atoms with Gasteiger partial charge in [0.15, 0.2) is 0 Å². The summed E-state index contributed by atoms with van der Waals surface area (Å²) in [4.78, 5) is 7.73. The lowest BCUT2D eigenvalue weighted by Gasteiger charge is -1.97. The van der Waals surface area contributed by atoms with Crippen LogP contribution in [0.4, 0.5) is 5.69 Å². The zero-order chi connectivity index (χ0) is 11.1. The summed E-state index contributed by atoms with van der Waals surface area (Å²) < 4.78 is 0. The molecule has 5 heteroatoms. The Bertz CT molecular complexity index is 588. The van der Waals surface area contributed by atoms with Crippen molar-refractivity contribution >= 4 is 45.0 Å². The number of nitrogens with zero attached hydrogens (tertiary/aromatic N) is 1. The summed E-state index contributed by atoms with van der Waals surface area (Å²) in [7, 11) is 0. The number of aromatic amines is 1. The lowest BCUT2D eigenvalue weighted by Crippen LogP contribution is -1.91. The summed E-state index contributed by atoms with van der Waals surface area (Å²) in [6.07, 6.45) is 0. The number of rotatable bonds is 1. The van der Waals surface area contributed by atoms with E-state index in [1.807, 2.05) is 6.07 Å². The Hall–Kier alpha value is -1.13. The van der Waals surface area contributed by atoms with Crippen LogP contribution >= 0.6 is 23.4 Å². The van der Waals surface area contributed by atoms with Crippen molar-refractivity contribution in [3.8, 4) is 0 Å². The first kappa shape index (κ1) is 10.1. The van der Waals surface area contributed by atoms with Crippen LogP contribution in [0.3, 0.4) is 0 Å². The largest absolute Gasteiger partial charge is 0.397 e. The Morgan fingerprint density at radius 1 is 1.38 bits per heavy atom.